The molecule has 1 fully saturated rings. The highest BCUT2D eigenvalue weighted by Gasteiger charge is 2.20. The number of piperazine rings is 1. The largest absolute Gasteiger partial charge is 0.497 e. The number of carbonyl (C=O) groups excluding carboxylic acids is 1. The number of rotatable bonds is 6. The molecule has 25 heavy (non-hydrogen) atoms. The summed E-state index contributed by atoms with van der Waals surface area (Å²) >= 11 is 0. The fourth-order valence-electron chi connectivity index (χ4n) is 2.93. The van der Waals surface area contributed by atoms with Crippen molar-refractivity contribution >= 4 is 11.6 Å². The van der Waals surface area contributed by atoms with Crippen molar-refractivity contribution in [3.05, 3.63) is 54.4 Å². The Morgan fingerprint density at radius 3 is 2.40 bits per heavy atom. The number of nitrogens with zero attached hydrogens (tertiary/aromatic N) is 3. The third-order valence-corrected chi connectivity index (χ3v) is 4.42. The maximum atomic E-state index is 12.3. The van der Waals surface area contributed by atoms with Crippen molar-refractivity contribution < 1.29 is 9.53 Å². The molecule has 6 heteroatoms. The lowest BCUT2D eigenvalue weighted by Crippen LogP contribution is -2.50. The number of methoxy groups -OCH3 is 1. The van der Waals surface area contributed by atoms with E-state index in [0.29, 0.717) is 13.1 Å². The van der Waals surface area contributed by atoms with Gasteiger partial charge in [0, 0.05) is 50.8 Å². The van der Waals surface area contributed by atoms with Crippen molar-refractivity contribution in [2.45, 2.75) is 6.54 Å². The van der Waals surface area contributed by atoms with Crippen LogP contribution in [-0.4, -0.2) is 55.6 Å². The number of anilines is 1. The van der Waals surface area contributed by atoms with Crippen LogP contribution in [-0.2, 0) is 11.3 Å². The molecule has 1 aliphatic heterocycles. The van der Waals surface area contributed by atoms with Gasteiger partial charge in [0.2, 0.25) is 5.91 Å². The van der Waals surface area contributed by atoms with Gasteiger partial charge in [-0.25, -0.2) is 0 Å². The lowest BCUT2D eigenvalue weighted by Gasteiger charge is -2.36. The standard InChI is InChI=1S/C19H24N4O2/c1-25-18-4-2-17(3-5-18)22-10-12-23(13-11-22)19(24)15-21-14-16-6-8-20-9-7-16/h2-9,21H,10-15H2,1H3. The zero-order valence-corrected chi connectivity index (χ0v) is 14.5. The Kier molecular flexibility index (Phi) is 5.85. The van der Waals surface area contributed by atoms with Crippen molar-refractivity contribution in [2.75, 3.05) is 44.7 Å². The van der Waals surface area contributed by atoms with Gasteiger partial charge in [-0.15, -0.1) is 0 Å². The van der Waals surface area contributed by atoms with Gasteiger partial charge in [-0.3, -0.25) is 9.78 Å². The topological polar surface area (TPSA) is 57.7 Å². The molecule has 1 N–H and O–H groups in total. The molecule has 0 unspecified atom stereocenters. The van der Waals surface area contributed by atoms with Crippen molar-refractivity contribution in [3.8, 4) is 5.75 Å². The van der Waals surface area contributed by atoms with Gasteiger partial charge < -0.3 is 19.9 Å². The summed E-state index contributed by atoms with van der Waals surface area (Å²) in [6.45, 7) is 4.25. The number of amides is 1. The Bertz CT molecular complexity index is 668. The summed E-state index contributed by atoms with van der Waals surface area (Å²) in [5.41, 5.74) is 2.30. The third kappa shape index (κ3) is 4.70. The summed E-state index contributed by atoms with van der Waals surface area (Å²) in [4.78, 5) is 20.5. The second-order valence-electron chi connectivity index (χ2n) is 6.02. The molecule has 2 aromatic rings. The van der Waals surface area contributed by atoms with E-state index in [1.807, 2.05) is 29.2 Å². The Balaban J connectivity index is 1.42. The first-order chi connectivity index (χ1) is 12.3. The van der Waals surface area contributed by atoms with Gasteiger partial charge in [-0.1, -0.05) is 0 Å². The second-order valence-corrected chi connectivity index (χ2v) is 6.02. The molecule has 0 aliphatic carbocycles. The average molecular weight is 340 g/mol. The van der Waals surface area contributed by atoms with E-state index in [1.165, 1.54) is 5.69 Å². The highest BCUT2D eigenvalue weighted by Crippen LogP contribution is 2.20. The first kappa shape index (κ1) is 17.2. The highest BCUT2D eigenvalue weighted by molar-refractivity contribution is 5.78. The van der Waals surface area contributed by atoms with Crippen molar-refractivity contribution in [2.24, 2.45) is 0 Å². The van der Waals surface area contributed by atoms with Gasteiger partial charge in [-0.2, -0.15) is 0 Å². The van der Waals surface area contributed by atoms with Crippen LogP contribution in [0.2, 0.25) is 0 Å². The normalized spacial score (nSPS) is 14.4. The van der Waals surface area contributed by atoms with Crippen molar-refractivity contribution in [3.63, 3.8) is 0 Å². The maximum Gasteiger partial charge on any atom is 0.236 e. The van der Waals surface area contributed by atoms with E-state index in [0.717, 1.165) is 37.5 Å². The van der Waals surface area contributed by atoms with E-state index in [1.54, 1.807) is 19.5 Å². The van der Waals surface area contributed by atoms with E-state index >= 15 is 0 Å². The van der Waals surface area contributed by atoms with Gasteiger partial charge in [0.15, 0.2) is 0 Å². The van der Waals surface area contributed by atoms with E-state index in [2.05, 4.69) is 27.3 Å². The Labute approximate surface area is 148 Å². The van der Waals surface area contributed by atoms with E-state index < -0.39 is 0 Å². The molecule has 1 aliphatic rings. The molecule has 1 aromatic heterocycles. The molecule has 1 amide bonds. The zero-order valence-electron chi connectivity index (χ0n) is 14.5. The summed E-state index contributed by atoms with van der Waals surface area (Å²) in [7, 11) is 1.67. The number of pyridine rings is 1. The molecular weight excluding hydrogens is 316 g/mol. The second kappa shape index (κ2) is 8.48. The number of aromatic nitrogens is 1. The summed E-state index contributed by atoms with van der Waals surface area (Å²) < 4.78 is 5.19. The quantitative estimate of drug-likeness (QED) is 0.864. The van der Waals surface area contributed by atoms with Crippen LogP contribution in [0.4, 0.5) is 5.69 Å². The van der Waals surface area contributed by atoms with Crippen molar-refractivity contribution in [1.82, 2.24) is 15.2 Å². The first-order valence-corrected chi connectivity index (χ1v) is 8.52. The minimum Gasteiger partial charge on any atom is -0.497 e. The molecule has 0 bridgehead atoms. The molecule has 0 atom stereocenters. The van der Waals surface area contributed by atoms with E-state index in [9.17, 15) is 4.79 Å². The van der Waals surface area contributed by atoms with Crippen LogP contribution in [0.3, 0.4) is 0 Å². The van der Waals surface area contributed by atoms with Gasteiger partial charge in [0.1, 0.15) is 5.75 Å². The molecular formula is C19H24N4O2. The summed E-state index contributed by atoms with van der Waals surface area (Å²) in [6, 6.07) is 12.0. The molecule has 6 nitrogen and oxygen atoms in total. The Morgan fingerprint density at radius 2 is 1.76 bits per heavy atom. The number of hydrogen-bond acceptors (Lipinski definition) is 5. The molecule has 0 spiro atoms. The molecule has 0 saturated carbocycles. The molecule has 0 radical (unpaired) electrons. The minimum atomic E-state index is 0.156. The molecule has 3 rings (SSSR count). The third-order valence-electron chi connectivity index (χ3n) is 4.42. The van der Waals surface area contributed by atoms with Crippen LogP contribution in [0.1, 0.15) is 5.56 Å². The number of hydrogen-bond donors (Lipinski definition) is 1. The zero-order chi connectivity index (χ0) is 17.5. The first-order valence-electron chi connectivity index (χ1n) is 8.52. The van der Waals surface area contributed by atoms with Crippen LogP contribution in [0, 0.1) is 0 Å². The van der Waals surface area contributed by atoms with Gasteiger partial charge >= 0.3 is 0 Å². The van der Waals surface area contributed by atoms with E-state index in [-0.39, 0.29) is 5.91 Å². The lowest BCUT2D eigenvalue weighted by molar-refractivity contribution is -0.130. The van der Waals surface area contributed by atoms with Crippen molar-refractivity contribution in [1.29, 1.82) is 0 Å². The average Bonchev–Trinajstić information content (AvgIpc) is 2.69. The Hall–Kier alpha value is -2.60. The number of benzene rings is 1. The fourth-order valence-corrected chi connectivity index (χ4v) is 2.93. The SMILES string of the molecule is COc1ccc(N2CCN(C(=O)CNCc3ccncc3)CC2)cc1. The Morgan fingerprint density at radius 1 is 1.08 bits per heavy atom. The molecule has 1 saturated heterocycles. The summed E-state index contributed by atoms with van der Waals surface area (Å²) in [5, 5.41) is 3.21. The molecule has 1 aromatic carbocycles. The van der Waals surface area contributed by atoms with Crippen LogP contribution in [0.15, 0.2) is 48.8 Å². The van der Waals surface area contributed by atoms with Crippen LogP contribution in [0.5, 0.6) is 5.75 Å². The van der Waals surface area contributed by atoms with E-state index in [4.69, 9.17) is 4.74 Å². The molecule has 2 heterocycles. The van der Waals surface area contributed by atoms with Gasteiger partial charge in [0.25, 0.3) is 0 Å². The van der Waals surface area contributed by atoms with Crippen LogP contribution < -0.4 is 15.0 Å². The number of ether oxygens (including phenoxy) is 1. The predicted octanol–water partition coefficient (Wildman–Crippen LogP) is 1.53. The van der Waals surface area contributed by atoms with Crippen LogP contribution in [0.25, 0.3) is 0 Å². The molecule has 132 valence electrons. The monoisotopic (exact) mass is 340 g/mol. The van der Waals surface area contributed by atoms with Gasteiger partial charge in [0.05, 0.1) is 13.7 Å². The summed E-state index contributed by atoms with van der Waals surface area (Å²) in [6.07, 6.45) is 3.52. The highest BCUT2D eigenvalue weighted by atomic mass is 16.5. The number of nitrogens with one attached hydrogen (secondary N) is 1. The minimum absolute atomic E-state index is 0.156. The van der Waals surface area contributed by atoms with Gasteiger partial charge in [-0.05, 0) is 42.0 Å². The maximum absolute atomic E-state index is 12.3. The van der Waals surface area contributed by atoms with Crippen LogP contribution >= 0.6 is 0 Å². The summed E-state index contributed by atoms with van der Waals surface area (Å²) in [5.74, 6) is 1.02. The predicted molar refractivity (Wildman–Crippen MR) is 97.7 cm³/mol. The lowest BCUT2D eigenvalue weighted by atomic mass is 10.2. The number of carbonyl (C=O) groups is 1. The smallest absolute Gasteiger partial charge is 0.236 e. The fraction of sp³-hybridized carbons (Fsp3) is 0.368.